The van der Waals surface area contributed by atoms with Crippen molar-refractivity contribution in [2.24, 2.45) is 16.9 Å². The van der Waals surface area contributed by atoms with Crippen molar-refractivity contribution < 1.29 is 0 Å². The smallest absolute Gasteiger partial charge is 0.0492 e. The van der Waals surface area contributed by atoms with Crippen molar-refractivity contribution in [1.82, 2.24) is 5.01 Å². The fourth-order valence-electron chi connectivity index (χ4n) is 2.31. The molecule has 0 aromatic carbocycles. The summed E-state index contributed by atoms with van der Waals surface area (Å²) < 4.78 is 0. The average Bonchev–Trinajstić information content (AvgIpc) is 2.03. The maximum absolute atomic E-state index is 3.97. The summed E-state index contributed by atoms with van der Waals surface area (Å²) in [5.41, 5.74) is 0. The molecule has 1 rings (SSSR count). The van der Waals surface area contributed by atoms with Gasteiger partial charge >= 0.3 is 0 Å². The summed E-state index contributed by atoms with van der Waals surface area (Å²) in [5.74, 6) is 1.67. The highest BCUT2D eigenvalue weighted by Crippen LogP contribution is 2.31. The van der Waals surface area contributed by atoms with Gasteiger partial charge in [0.1, 0.15) is 0 Å². The topological polar surface area (TPSA) is 15.6 Å². The second-order valence-electron chi connectivity index (χ2n) is 4.18. The lowest BCUT2D eigenvalue weighted by Crippen LogP contribution is -2.37. The predicted molar refractivity (Wildman–Crippen MR) is 53.3 cm³/mol. The maximum Gasteiger partial charge on any atom is 0.0492 e. The summed E-state index contributed by atoms with van der Waals surface area (Å²) in [6.45, 7) is 8.23. The fourth-order valence-corrected chi connectivity index (χ4v) is 2.31. The van der Waals surface area contributed by atoms with Crippen LogP contribution in [0.2, 0.25) is 0 Å². The Morgan fingerprint density at radius 2 is 2.00 bits per heavy atom. The minimum atomic E-state index is 0.624. The number of hydrogen-bond acceptors (Lipinski definition) is 2. The van der Waals surface area contributed by atoms with Gasteiger partial charge in [-0.15, -0.1) is 0 Å². The molecule has 0 aromatic rings. The molecule has 0 bridgehead atoms. The van der Waals surface area contributed by atoms with E-state index in [0.29, 0.717) is 6.04 Å². The third-order valence-electron chi connectivity index (χ3n) is 3.09. The van der Waals surface area contributed by atoms with Crippen LogP contribution in [-0.2, 0) is 0 Å². The molecule has 2 unspecified atom stereocenters. The van der Waals surface area contributed by atoms with Crippen molar-refractivity contribution in [1.29, 1.82) is 0 Å². The van der Waals surface area contributed by atoms with Crippen molar-refractivity contribution in [2.45, 2.75) is 39.2 Å². The molecule has 70 valence electrons. The molecule has 12 heavy (non-hydrogen) atoms. The van der Waals surface area contributed by atoms with Gasteiger partial charge in [-0.2, -0.15) is 5.10 Å². The Hall–Kier alpha value is -0.530. The van der Waals surface area contributed by atoms with Crippen molar-refractivity contribution >= 4 is 6.72 Å². The van der Waals surface area contributed by atoms with E-state index in [1.807, 2.05) is 12.1 Å². The largest absolute Gasteiger partial charge is 0.297 e. The zero-order valence-corrected chi connectivity index (χ0v) is 8.45. The molecule has 0 spiro atoms. The Kier molecular flexibility index (Phi) is 3.12. The number of hydrogen-bond donors (Lipinski definition) is 0. The summed E-state index contributed by atoms with van der Waals surface area (Å²) in [7, 11) is 2.03. The van der Waals surface area contributed by atoms with Gasteiger partial charge in [-0.05, 0) is 31.1 Å². The molecule has 0 saturated heterocycles. The fraction of sp³-hybridized carbons (Fsp3) is 0.900. The molecule has 1 aliphatic carbocycles. The highest BCUT2D eigenvalue weighted by Gasteiger charge is 2.27. The lowest BCUT2D eigenvalue weighted by molar-refractivity contribution is 0.121. The Bertz CT molecular complexity index is 156. The van der Waals surface area contributed by atoms with Crippen LogP contribution in [0.3, 0.4) is 0 Å². The van der Waals surface area contributed by atoms with Crippen LogP contribution in [0.15, 0.2) is 5.10 Å². The van der Waals surface area contributed by atoms with Crippen LogP contribution in [0.25, 0.3) is 0 Å². The zero-order chi connectivity index (χ0) is 9.14. The molecule has 1 aliphatic rings. The van der Waals surface area contributed by atoms with Crippen LogP contribution >= 0.6 is 0 Å². The van der Waals surface area contributed by atoms with Crippen LogP contribution in [0.5, 0.6) is 0 Å². The van der Waals surface area contributed by atoms with Gasteiger partial charge in [-0.3, -0.25) is 5.01 Å². The van der Waals surface area contributed by atoms with Crippen molar-refractivity contribution in [2.75, 3.05) is 7.05 Å². The number of rotatable bonds is 2. The Morgan fingerprint density at radius 3 is 2.50 bits per heavy atom. The van der Waals surface area contributed by atoms with Crippen LogP contribution in [0.4, 0.5) is 0 Å². The van der Waals surface area contributed by atoms with Gasteiger partial charge in [0, 0.05) is 19.8 Å². The Morgan fingerprint density at radius 1 is 1.33 bits per heavy atom. The van der Waals surface area contributed by atoms with E-state index in [1.54, 1.807) is 0 Å². The van der Waals surface area contributed by atoms with Gasteiger partial charge in [0.25, 0.3) is 0 Å². The number of hydrazone groups is 1. The lowest BCUT2D eigenvalue weighted by atomic mass is 9.80. The summed E-state index contributed by atoms with van der Waals surface area (Å²) >= 11 is 0. The minimum Gasteiger partial charge on any atom is -0.297 e. The van der Waals surface area contributed by atoms with Crippen molar-refractivity contribution in [3.63, 3.8) is 0 Å². The van der Waals surface area contributed by atoms with E-state index >= 15 is 0 Å². The van der Waals surface area contributed by atoms with E-state index in [1.165, 1.54) is 19.3 Å². The molecule has 1 saturated carbocycles. The molecular formula is C10H20N2. The van der Waals surface area contributed by atoms with Crippen LogP contribution < -0.4 is 0 Å². The molecule has 3 atom stereocenters. The minimum absolute atomic E-state index is 0.624. The second-order valence-corrected chi connectivity index (χ2v) is 4.18. The Balaban J connectivity index is 2.49. The van der Waals surface area contributed by atoms with E-state index < -0.39 is 0 Å². The monoisotopic (exact) mass is 168 g/mol. The second kappa shape index (κ2) is 3.92. The number of nitrogens with zero attached hydrogens (tertiary/aromatic N) is 2. The first-order chi connectivity index (χ1) is 5.65. The van der Waals surface area contributed by atoms with Gasteiger partial charge < -0.3 is 0 Å². The van der Waals surface area contributed by atoms with Crippen LogP contribution in [-0.4, -0.2) is 24.8 Å². The van der Waals surface area contributed by atoms with Gasteiger partial charge in [-0.1, -0.05) is 13.8 Å². The van der Waals surface area contributed by atoms with Crippen LogP contribution in [0.1, 0.15) is 33.1 Å². The zero-order valence-electron chi connectivity index (χ0n) is 8.45. The molecular weight excluding hydrogens is 148 g/mol. The third-order valence-corrected chi connectivity index (χ3v) is 3.09. The van der Waals surface area contributed by atoms with E-state index in [-0.39, 0.29) is 0 Å². The summed E-state index contributed by atoms with van der Waals surface area (Å²) in [6, 6.07) is 0.624. The molecule has 1 fully saturated rings. The first-order valence-corrected chi connectivity index (χ1v) is 4.84. The van der Waals surface area contributed by atoms with Crippen molar-refractivity contribution in [3.8, 4) is 0 Å². The molecule has 0 heterocycles. The van der Waals surface area contributed by atoms with Crippen molar-refractivity contribution in [3.05, 3.63) is 0 Å². The highest BCUT2D eigenvalue weighted by molar-refractivity contribution is 5.22. The third kappa shape index (κ3) is 1.99. The predicted octanol–water partition coefficient (Wildman–Crippen LogP) is 2.36. The summed E-state index contributed by atoms with van der Waals surface area (Å²) in [5, 5.41) is 6.00. The molecule has 0 aliphatic heterocycles. The molecule has 0 aromatic heterocycles. The van der Waals surface area contributed by atoms with E-state index in [4.69, 9.17) is 0 Å². The molecule has 2 heteroatoms. The molecule has 0 radical (unpaired) electrons. The van der Waals surface area contributed by atoms with Gasteiger partial charge in [0.15, 0.2) is 0 Å². The van der Waals surface area contributed by atoms with E-state index in [2.05, 4.69) is 25.7 Å². The van der Waals surface area contributed by atoms with E-state index in [9.17, 15) is 0 Å². The quantitative estimate of drug-likeness (QED) is 0.456. The van der Waals surface area contributed by atoms with Gasteiger partial charge in [0.2, 0.25) is 0 Å². The Labute approximate surface area is 75.6 Å². The summed E-state index contributed by atoms with van der Waals surface area (Å²) in [4.78, 5) is 0. The van der Waals surface area contributed by atoms with Crippen LogP contribution in [0, 0.1) is 11.8 Å². The first kappa shape index (κ1) is 9.56. The van der Waals surface area contributed by atoms with Gasteiger partial charge in [-0.25, -0.2) is 0 Å². The average molecular weight is 168 g/mol. The standard InChI is InChI=1S/C10H20N2/c1-8-5-6-10(9(2)7-8)12(4)11-3/h8-10H,3,5-7H2,1-2,4H3/t8?,9-,10?/m1/s1. The lowest BCUT2D eigenvalue weighted by Gasteiger charge is -2.36. The first-order valence-electron chi connectivity index (χ1n) is 4.84. The molecule has 0 amide bonds. The highest BCUT2D eigenvalue weighted by atomic mass is 15.4. The van der Waals surface area contributed by atoms with Gasteiger partial charge in [0.05, 0.1) is 0 Å². The summed E-state index contributed by atoms with van der Waals surface area (Å²) in [6.07, 6.45) is 3.96. The van der Waals surface area contributed by atoms with E-state index in [0.717, 1.165) is 11.8 Å². The molecule has 2 nitrogen and oxygen atoms in total. The molecule has 0 N–H and O–H groups in total. The SMILES string of the molecule is C=NN(C)C1CCC(C)C[C@H]1C. The normalized spacial score (nSPS) is 36.1. The maximum atomic E-state index is 3.97.